The Bertz CT molecular complexity index is 1180. The molecule has 3 aliphatic heterocycles. The number of fused-ring (bicyclic) bond motifs is 2. The van der Waals surface area contributed by atoms with Crippen LogP contribution in [0.25, 0.3) is 0 Å². The maximum atomic E-state index is 13.3. The van der Waals surface area contributed by atoms with Gasteiger partial charge in [-0.1, -0.05) is 30.3 Å². The van der Waals surface area contributed by atoms with Crippen LogP contribution in [-0.4, -0.2) is 64.3 Å². The van der Waals surface area contributed by atoms with E-state index in [4.69, 9.17) is 0 Å². The van der Waals surface area contributed by atoms with Gasteiger partial charge in [0.1, 0.15) is 6.04 Å². The van der Waals surface area contributed by atoms with Gasteiger partial charge in [-0.25, -0.2) is 0 Å². The lowest BCUT2D eigenvalue weighted by Gasteiger charge is -2.37. The number of hydrogen-bond acceptors (Lipinski definition) is 7. The Balaban J connectivity index is 1.44. The van der Waals surface area contributed by atoms with E-state index in [1.807, 2.05) is 36.2 Å². The predicted molar refractivity (Wildman–Crippen MR) is 118 cm³/mol. The standard InChI is InChI=1S/C24H24N4O5/c1-27(21-14-6-2-3-8-16(14)25-11-18(21)29)12-13-5-4-7-15-20(13)24(33)28(23(15)32)17-9-10-19(30)26-22(17)31/h2-8,17-18,21,25,29H,9-12H2,1H3,(H,26,30,31)/t17?,18-,21-/m0/s1. The number of nitrogens with one attached hydrogen (secondary N) is 2. The number of imide groups is 2. The SMILES string of the molecule is CN(Cc1cccc2c1C(=O)N(C1CCC(=O)NC1=O)C2=O)[C@H]1c2ccccc2NC[C@@H]1O. The fourth-order valence-corrected chi connectivity index (χ4v) is 5.06. The third-order valence-corrected chi connectivity index (χ3v) is 6.59. The van der Waals surface area contributed by atoms with E-state index in [9.17, 15) is 24.3 Å². The van der Waals surface area contributed by atoms with Crippen LogP contribution < -0.4 is 10.6 Å². The van der Waals surface area contributed by atoms with Crippen molar-refractivity contribution in [3.63, 3.8) is 0 Å². The third kappa shape index (κ3) is 3.49. The van der Waals surface area contributed by atoms with E-state index >= 15 is 0 Å². The first-order valence-electron chi connectivity index (χ1n) is 10.9. The first-order valence-corrected chi connectivity index (χ1v) is 10.9. The zero-order chi connectivity index (χ0) is 23.3. The van der Waals surface area contributed by atoms with Gasteiger partial charge in [-0.15, -0.1) is 0 Å². The zero-order valence-electron chi connectivity index (χ0n) is 18.1. The lowest BCUT2D eigenvalue weighted by atomic mass is 9.93. The molecular formula is C24H24N4O5. The molecule has 9 nitrogen and oxygen atoms in total. The number of benzene rings is 2. The molecule has 5 rings (SSSR count). The van der Waals surface area contributed by atoms with Crippen molar-refractivity contribution in [3.8, 4) is 0 Å². The normalized spacial score (nSPS) is 24.5. The number of nitrogens with zero attached hydrogens (tertiary/aromatic N) is 2. The summed E-state index contributed by atoms with van der Waals surface area (Å²) in [5.41, 5.74) is 3.08. The van der Waals surface area contributed by atoms with Crippen LogP contribution in [0, 0.1) is 0 Å². The van der Waals surface area contributed by atoms with Gasteiger partial charge in [-0.2, -0.15) is 0 Å². The molecule has 1 unspecified atom stereocenters. The summed E-state index contributed by atoms with van der Waals surface area (Å²) in [5, 5.41) is 16.1. The second-order valence-corrected chi connectivity index (χ2v) is 8.68. The third-order valence-electron chi connectivity index (χ3n) is 6.59. The Kier molecular flexibility index (Phi) is 5.22. The first-order chi connectivity index (χ1) is 15.9. The summed E-state index contributed by atoms with van der Waals surface area (Å²) in [6.45, 7) is 0.723. The summed E-state index contributed by atoms with van der Waals surface area (Å²) in [7, 11) is 1.87. The number of likely N-dealkylation sites (N-methyl/N-ethyl adjacent to an activating group) is 1. The van der Waals surface area contributed by atoms with Gasteiger partial charge in [-0.05, 0) is 36.7 Å². The summed E-state index contributed by atoms with van der Waals surface area (Å²) in [6, 6.07) is 11.6. The highest BCUT2D eigenvalue weighted by molar-refractivity contribution is 6.24. The van der Waals surface area contributed by atoms with Gasteiger partial charge in [0.2, 0.25) is 11.8 Å². The van der Waals surface area contributed by atoms with Gasteiger partial charge in [0.25, 0.3) is 11.8 Å². The Hall–Kier alpha value is -3.56. The van der Waals surface area contributed by atoms with E-state index in [-0.39, 0.29) is 30.0 Å². The Morgan fingerprint density at radius 2 is 1.85 bits per heavy atom. The van der Waals surface area contributed by atoms with Crippen LogP contribution in [-0.2, 0) is 16.1 Å². The molecule has 4 amide bonds. The molecule has 0 radical (unpaired) electrons. The van der Waals surface area contributed by atoms with E-state index in [1.54, 1.807) is 18.2 Å². The molecule has 3 N–H and O–H groups in total. The van der Waals surface area contributed by atoms with Gasteiger partial charge in [0, 0.05) is 25.2 Å². The van der Waals surface area contributed by atoms with Crippen molar-refractivity contribution in [2.45, 2.75) is 37.6 Å². The summed E-state index contributed by atoms with van der Waals surface area (Å²) in [6.07, 6.45) is -0.463. The van der Waals surface area contributed by atoms with Crippen molar-refractivity contribution in [3.05, 3.63) is 64.7 Å². The number of para-hydroxylation sites is 1. The number of amides is 4. The minimum Gasteiger partial charge on any atom is -0.389 e. The highest BCUT2D eigenvalue weighted by atomic mass is 16.3. The summed E-state index contributed by atoms with van der Waals surface area (Å²) >= 11 is 0. The lowest BCUT2D eigenvalue weighted by Crippen LogP contribution is -2.54. The zero-order valence-corrected chi connectivity index (χ0v) is 18.1. The molecule has 0 aromatic heterocycles. The van der Waals surface area contributed by atoms with E-state index in [1.165, 1.54) is 0 Å². The average molecular weight is 448 g/mol. The molecule has 1 saturated heterocycles. The maximum Gasteiger partial charge on any atom is 0.262 e. The fraction of sp³-hybridized carbons (Fsp3) is 0.333. The molecule has 0 saturated carbocycles. The maximum absolute atomic E-state index is 13.3. The smallest absolute Gasteiger partial charge is 0.262 e. The number of carbonyl (C=O) groups is 4. The molecule has 0 aliphatic carbocycles. The van der Waals surface area contributed by atoms with Crippen molar-refractivity contribution in [2.24, 2.45) is 0 Å². The number of aliphatic hydroxyl groups is 1. The van der Waals surface area contributed by atoms with E-state index in [0.29, 0.717) is 18.7 Å². The molecule has 3 aliphatic rings. The number of rotatable bonds is 4. The molecule has 3 heterocycles. The van der Waals surface area contributed by atoms with Gasteiger partial charge < -0.3 is 10.4 Å². The van der Waals surface area contributed by atoms with Crippen molar-refractivity contribution in [2.75, 3.05) is 18.9 Å². The van der Waals surface area contributed by atoms with E-state index < -0.39 is 35.8 Å². The van der Waals surface area contributed by atoms with Crippen LogP contribution >= 0.6 is 0 Å². The number of carbonyl (C=O) groups excluding carboxylic acids is 4. The molecule has 0 spiro atoms. The first kappa shape index (κ1) is 21.3. The van der Waals surface area contributed by atoms with Crippen LogP contribution in [0.3, 0.4) is 0 Å². The van der Waals surface area contributed by atoms with Crippen LogP contribution in [0.2, 0.25) is 0 Å². The molecular weight excluding hydrogens is 424 g/mol. The minimum atomic E-state index is -1.00. The number of hydrogen-bond donors (Lipinski definition) is 3. The monoisotopic (exact) mass is 448 g/mol. The van der Waals surface area contributed by atoms with E-state index in [2.05, 4.69) is 10.6 Å². The van der Waals surface area contributed by atoms with Crippen LogP contribution in [0.1, 0.15) is 50.7 Å². The predicted octanol–water partition coefficient (Wildman–Crippen LogP) is 1.05. The van der Waals surface area contributed by atoms with Gasteiger partial charge in [0.15, 0.2) is 0 Å². The highest BCUT2D eigenvalue weighted by Crippen LogP contribution is 2.36. The minimum absolute atomic E-state index is 0.0758. The molecule has 0 bridgehead atoms. The van der Waals surface area contributed by atoms with Crippen molar-refractivity contribution in [1.29, 1.82) is 0 Å². The molecule has 3 atom stereocenters. The second kappa shape index (κ2) is 8.09. The van der Waals surface area contributed by atoms with Gasteiger partial charge in [0.05, 0.1) is 23.3 Å². The summed E-state index contributed by atoms with van der Waals surface area (Å²) in [5.74, 6) is -2.09. The van der Waals surface area contributed by atoms with Crippen molar-refractivity contribution in [1.82, 2.24) is 15.1 Å². The highest BCUT2D eigenvalue weighted by Gasteiger charge is 2.45. The fourth-order valence-electron chi connectivity index (χ4n) is 5.06. The van der Waals surface area contributed by atoms with Crippen molar-refractivity contribution < 1.29 is 24.3 Å². The molecule has 2 aromatic carbocycles. The summed E-state index contributed by atoms with van der Waals surface area (Å²) < 4.78 is 0. The molecule has 9 heteroatoms. The largest absolute Gasteiger partial charge is 0.389 e. The average Bonchev–Trinajstić information content (AvgIpc) is 3.04. The quantitative estimate of drug-likeness (QED) is 0.598. The summed E-state index contributed by atoms with van der Waals surface area (Å²) in [4.78, 5) is 53.2. The Morgan fingerprint density at radius 1 is 1.06 bits per heavy atom. The number of anilines is 1. The molecule has 170 valence electrons. The molecule has 2 aromatic rings. The van der Waals surface area contributed by atoms with Crippen LogP contribution in [0.5, 0.6) is 0 Å². The van der Waals surface area contributed by atoms with Crippen LogP contribution in [0.4, 0.5) is 5.69 Å². The molecule has 33 heavy (non-hydrogen) atoms. The second-order valence-electron chi connectivity index (χ2n) is 8.68. The van der Waals surface area contributed by atoms with E-state index in [0.717, 1.165) is 16.2 Å². The topological polar surface area (TPSA) is 119 Å². The number of aliphatic hydroxyl groups excluding tert-OH is 1. The Labute approximate surface area is 190 Å². The number of β-amino-alcohol motifs (C(OH)–C–C–N with tert-alkyl or cyclic N) is 1. The lowest BCUT2D eigenvalue weighted by molar-refractivity contribution is -0.136. The van der Waals surface area contributed by atoms with Crippen LogP contribution in [0.15, 0.2) is 42.5 Å². The van der Waals surface area contributed by atoms with Crippen molar-refractivity contribution >= 4 is 29.3 Å². The van der Waals surface area contributed by atoms with Gasteiger partial charge in [-0.3, -0.25) is 34.3 Å². The number of piperidine rings is 1. The Morgan fingerprint density at radius 3 is 2.64 bits per heavy atom. The van der Waals surface area contributed by atoms with Gasteiger partial charge >= 0.3 is 0 Å². The molecule has 1 fully saturated rings.